The molecule has 0 spiro atoms. The standard InChI is InChI=1S/C24H28F3N7O/c25-24(26,27)23-32-20(31-18-8-10-29-11-9-18)14-21(33-23)34-13-1-2-19(34)22(35)30-12-7-16-3-5-17(15-28)6-4-16/h3-6,14,18-19,29H,1-2,7-13H2,(H,30,35)(H,31,32,33)/t19-/m0/s1. The number of nitrogens with one attached hydrogen (secondary N) is 3. The van der Waals surface area contributed by atoms with Crippen molar-refractivity contribution in [3.63, 3.8) is 0 Å². The average molecular weight is 488 g/mol. The van der Waals surface area contributed by atoms with Gasteiger partial charge in [0, 0.05) is 25.2 Å². The molecule has 0 unspecified atom stereocenters. The van der Waals surface area contributed by atoms with Gasteiger partial charge in [-0.3, -0.25) is 4.79 Å². The SMILES string of the molecule is N#Cc1ccc(CCNC(=O)[C@@H]2CCCN2c2cc(NC3CCNCC3)nc(C(F)(F)F)n2)cc1. The van der Waals surface area contributed by atoms with Crippen molar-refractivity contribution in [1.29, 1.82) is 5.26 Å². The maximum Gasteiger partial charge on any atom is 0.451 e. The number of carbonyl (C=O) groups excluding carboxylic acids is 1. The molecule has 1 amide bonds. The van der Waals surface area contributed by atoms with Crippen LogP contribution in [-0.4, -0.2) is 54.1 Å². The number of halogens is 3. The second kappa shape index (κ2) is 10.9. The Hall–Kier alpha value is -3.39. The highest BCUT2D eigenvalue weighted by Gasteiger charge is 2.38. The zero-order valence-corrected chi connectivity index (χ0v) is 19.2. The highest BCUT2D eigenvalue weighted by molar-refractivity contribution is 5.85. The van der Waals surface area contributed by atoms with Gasteiger partial charge in [-0.15, -0.1) is 0 Å². The van der Waals surface area contributed by atoms with Crippen LogP contribution in [-0.2, 0) is 17.4 Å². The van der Waals surface area contributed by atoms with Gasteiger partial charge < -0.3 is 20.9 Å². The maximum absolute atomic E-state index is 13.6. The minimum absolute atomic E-state index is 0.0278. The van der Waals surface area contributed by atoms with E-state index in [2.05, 4.69) is 32.0 Å². The van der Waals surface area contributed by atoms with Gasteiger partial charge in [0.25, 0.3) is 0 Å². The molecule has 1 aromatic carbocycles. The minimum Gasteiger partial charge on any atom is -0.367 e. The smallest absolute Gasteiger partial charge is 0.367 e. The van der Waals surface area contributed by atoms with Gasteiger partial charge in [0.05, 0.1) is 11.6 Å². The largest absolute Gasteiger partial charge is 0.451 e. The molecule has 3 N–H and O–H groups in total. The Balaban J connectivity index is 1.45. The summed E-state index contributed by atoms with van der Waals surface area (Å²) in [5, 5.41) is 18.1. The lowest BCUT2D eigenvalue weighted by Crippen LogP contribution is -2.44. The first kappa shape index (κ1) is 24.7. The van der Waals surface area contributed by atoms with Crippen molar-refractivity contribution in [2.75, 3.05) is 36.4 Å². The molecule has 186 valence electrons. The van der Waals surface area contributed by atoms with E-state index in [1.807, 2.05) is 12.1 Å². The zero-order chi connectivity index (χ0) is 24.8. The Morgan fingerprint density at radius 2 is 1.91 bits per heavy atom. The van der Waals surface area contributed by atoms with Crippen LogP contribution in [0.15, 0.2) is 30.3 Å². The number of hydrogen-bond donors (Lipinski definition) is 3. The van der Waals surface area contributed by atoms with E-state index >= 15 is 0 Å². The van der Waals surface area contributed by atoms with Crippen molar-refractivity contribution in [1.82, 2.24) is 20.6 Å². The molecule has 1 atom stereocenters. The van der Waals surface area contributed by atoms with Crippen molar-refractivity contribution < 1.29 is 18.0 Å². The van der Waals surface area contributed by atoms with E-state index in [-0.39, 0.29) is 23.6 Å². The molecule has 35 heavy (non-hydrogen) atoms. The summed E-state index contributed by atoms with van der Waals surface area (Å²) in [5.74, 6) is -1.22. The van der Waals surface area contributed by atoms with Crippen molar-refractivity contribution in [2.45, 2.75) is 50.4 Å². The van der Waals surface area contributed by atoms with Crippen molar-refractivity contribution in [2.24, 2.45) is 0 Å². The second-order valence-corrected chi connectivity index (χ2v) is 8.80. The van der Waals surface area contributed by atoms with Crippen LogP contribution < -0.4 is 20.9 Å². The summed E-state index contributed by atoms with van der Waals surface area (Å²) in [6.45, 7) is 2.40. The molecule has 4 rings (SSSR count). The van der Waals surface area contributed by atoms with Gasteiger partial charge >= 0.3 is 6.18 Å². The van der Waals surface area contributed by atoms with E-state index in [1.165, 1.54) is 6.07 Å². The molecule has 0 aliphatic carbocycles. The molecule has 8 nitrogen and oxygen atoms in total. The third kappa shape index (κ3) is 6.39. The number of nitriles is 1. The lowest BCUT2D eigenvalue weighted by atomic mass is 10.1. The van der Waals surface area contributed by atoms with E-state index in [0.717, 1.165) is 31.5 Å². The molecule has 11 heteroatoms. The fraction of sp³-hybridized carbons (Fsp3) is 0.500. The Labute approximate surface area is 201 Å². The first-order valence-electron chi connectivity index (χ1n) is 11.8. The fourth-order valence-electron chi connectivity index (χ4n) is 4.46. The summed E-state index contributed by atoms with van der Waals surface area (Å²) >= 11 is 0. The highest BCUT2D eigenvalue weighted by atomic mass is 19.4. The van der Waals surface area contributed by atoms with Crippen molar-refractivity contribution in [3.05, 3.63) is 47.3 Å². The summed E-state index contributed by atoms with van der Waals surface area (Å²) in [7, 11) is 0. The molecule has 2 aliphatic rings. The minimum atomic E-state index is -4.70. The molecule has 0 saturated carbocycles. The number of piperidine rings is 1. The van der Waals surface area contributed by atoms with Crippen LogP contribution in [0.25, 0.3) is 0 Å². The van der Waals surface area contributed by atoms with Gasteiger partial charge in [0.15, 0.2) is 0 Å². The number of alkyl halides is 3. The molecule has 0 radical (unpaired) electrons. The third-order valence-corrected chi connectivity index (χ3v) is 6.30. The van der Waals surface area contributed by atoms with Gasteiger partial charge in [-0.05, 0) is 62.9 Å². The number of nitrogens with zero attached hydrogens (tertiary/aromatic N) is 4. The fourth-order valence-corrected chi connectivity index (χ4v) is 4.46. The Bertz CT molecular complexity index is 1060. The molecular formula is C24H28F3N7O. The van der Waals surface area contributed by atoms with Gasteiger partial charge in [-0.25, -0.2) is 9.97 Å². The van der Waals surface area contributed by atoms with E-state index in [9.17, 15) is 18.0 Å². The van der Waals surface area contributed by atoms with Crippen LogP contribution in [0.1, 0.15) is 42.6 Å². The molecule has 2 aromatic rings. The average Bonchev–Trinajstić information content (AvgIpc) is 3.35. The molecule has 2 aliphatic heterocycles. The quantitative estimate of drug-likeness (QED) is 0.552. The Kier molecular flexibility index (Phi) is 7.70. The van der Waals surface area contributed by atoms with Crippen LogP contribution in [0.5, 0.6) is 0 Å². The third-order valence-electron chi connectivity index (χ3n) is 6.30. The summed E-state index contributed by atoms with van der Waals surface area (Å²) < 4.78 is 40.7. The van der Waals surface area contributed by atoms with Gasteiger partial charge in [-0.2, -0.15) is 18.4 Å². The second-order valence-electron chi connectivity index (χ2n) is 8.80. The molecule has 2 fully saturated rings. The summed E-state index contributed by atoms with van der Waals surface area (Å²) in [6.07, 6.45) is -1.33. The predicted molar refractivity (Wildman–Crippen MR) is 125 cm³/mol. The summed E-state index contributed by atoms with van der Waals surface area (Å²) in [4.78, 5) is 22.1. The van der Waals surface area contributed by atoms with Crippen LogP contribution in [0, 0.1) is 11.3 Å². The first-order valence-corrected chi connectivity index (χ1v) is 11.8. The van der Waals surface area contributed by atoms with E-state index in [0.29, 0.717) is 37.9 Å². The van der Waals surface area contributed by atoms with Crippen LogP contribution in [0.4, 0.5) is 24.8 Å². The van der Waals surface area contributed by atoms with Crippen LogP contribution in [0.3, 0.4) is 0 Å². The number of benzene rings is 1. The summed E-state index contributed by atoms with van der Waals surface area (Å²) in [5.41, 5.74) is 1.54. The van der Waals surface area contributed by atoms with Crippen molar-refractivity contribution in [3.8, 4) is 6.07 Å². The lowest BCUT2D eigenvalue weighted by molar-refractivity contribution is -0.144. The topological polar surface area (TPSA) is 106 Å². The molecular weight excluding hydrogens is 459 g/mol. The van der Waals surface area contributed by atoms with Crippen molar-refractivity contribution >= 4 is 17.5 Å². The van der Waals surface area contributed by atoms with Crippen LogP contribution >= 0.6 is 0 Å². The number of rotatable bonds is 7. The molecule has 3 heterocycles. The van der Waals surface area contributed by atoms with Gasteiger partial charge in [-0.1, -0.05) is 12.1 Å². The molecule has 0 bridgehead atoms. The molecule has 1 aromatic heterocycles. The van der Waals surface area contributed by atoms with Crippen LogP contribution in [0.2, 0.25) is 0 Å². The number of carbonyl (C=O) groups is 1. The number of aromatic nitrogens is 2. The Morgan fingerprint density at radius 1 is 1.17 bits per heavy atom. The van der Waals surface area contributed by atoms with E-state index in [1.54, 1.807) is 17.0 Å². The number of anilines is 2. The van der Waals surface area contributed by atoms with E-state index < -0.39 is 18.0 Å². The number of hydrogen-bond acceptors (Lipinski definition) is 7. The predicted octanol–water partition coefficient (Wildman–Crippen LogP) is 2.86. The Morgan fingerprint density at radius 3 is 2.60 bits per heavy atom. The first-order chi connectivity index (χ1) is 16.8. The van der Waals surface area contributed by atoms with Gasteiger partial charge in [0.1, 0.15) is 17.7 Å². The zero-order valence-electron chi connectivity index (χ0n) is 19.2. The van der Waals surface area contributed by atoms with E-state index in [4.69, 9.17) is 5.26 Å². The summed E-state index contributed by atoms with van der Waals surface area (Å²) in [6, 6.07) is 10.1. The lowest BCUT2D eigenvalue weighted by Gasteiger charge is -2.27. The highest BCUT2D eigenvalue weighted by Crippen LogP contribution is 2.32. The monoisotopic (exact) mass is 487 g/mol. The van der Waals surface area contributed by atoms with Gasteiger partial charge in [0.2, 0.25) is 11.7 Å². The normalized spacial score (nSPS) is 18.8. The molecule has 2 saturated heterocycles. The number of amides is 1. The maximum atomic E-state index is 13.6.